The van der Waals surface area contributed by atoms with Gasteiger partial charge in [0.05, 0.1) is 22.8 Å². The molecule has 1 amide bonds. The van der Waals surface area contributed by atoms with Crippen molar-refractivity contribution in [1.29, 1.82) is 5.26 Å². The van der Waals surface area contributed by atoms with E-state index in [-0.39, 0.29) is 23.9 Å². The van der Waals surface area contributed by atoms with Crippen molar-refractivity contribution in [1.82, 2.24) is 4.72 Å². The summed E-state index contributed by atoms with van der Waals surface area (Å²) in [5.74, 6) is 0.310. The summed E-state index contributed by atoms with van der Waals surface area (Å²) in [4.78, 5) is 13.4. The van der Waals surface area contributed by atoms with Gasteiger partial charge in [0.1, 0.15) is 11.8 Å². The Hall–Kier alpha value is -2.89. The van der Waals surface area contributed by atoms with Crippen LogP contribution in [0.5, 0.6) is 5.75 Å². The third kappa shape index (κ3) is 5.29. The van der Waals surface area contributed by atoms with Crippen molar-refractivity contribution in [2.75, 3.05) is 24.6 Å². The van der Waals surface area contributed by atoms with Gasteiger partial charge >= 0.3 is 0 Å². The molecular weight excluding hydrogens is 366 g/mol. The summed E-state index contributed by atoms with van der Waals surface area (Å²) in [6.07, 6.45) is 0. The highest BCUT2D eigenvalue weighted by Gasteiger charge is 2.18. The zero-order chi connectivity index (χ0) is 19.9. The Labute approximate surface area is 159 Å². The number of amides is 1. The van der Waals surface area contributed by atoms with Crippen molar-refractivity contribution in [2.24, 2.45) is 0 Å². The van der Waals surface area contributed by atoms with Crippen molar-refractivity contribution in [3.05, 3.63) is 54.1 Å². The predicted molar refractivity (Wildman–Crippen MR) is 102 cm³/mol. The number of nitriles is 1. The van der Waals surface area contributed by atoms with E-state index in [1.807, 2.05) is 13.0 Å². The van der Waals surface area contributed by atoms with Crippen LogP contribution < -0.4 is 14.4 Å². The largest absolute Gasteiger partial charge is 0.494 e. The van der Waals surface area contributed by atoms with Gasteiger partial charge in [0.15, 0.2) is 0 Å². The summed E-state index contributed by atoms with van der Waals surface area (Å²) in [5.41, 5.74) is 0.801. The van der Waals surface area contributed by atoms with Crippen LogP contribution in [0.1, 0.15) is 19.4 Å². The molecule has 0 unspecified atom stereocenters. The van der Waals surface area contributed by atoms with Crippen molar-refractivity contribution >= 4 is 21.6 Å². The Balaban J connectivity index is 2.08. The van der Waals surface area contributed by atoms with Crippen molar-refractivity contribution in [2.45, 2.75) is 18.7 Å². The monoisotopic (exact) mass is 387 g/mol. The molecule has 0 aliphatic heterocycles. The van der Waals surface area contributed by atoms with E-state index in [1.165, 1.54) is 24.0 Å². The number of ether oxygens (including phenoxy) is 1. The second kappa shape index (κ2) is 9.16. The molecule has 1 N–H and O–H groups in total. The van der Waals surface area contributed by atoms with Gasteiger partial charge in [-0.1, -0.05) is 12.1 Å². The van der Waals surface area contributed by atoms with Crippen LogP contribution in [0.2, 0.25) is 0 Å². The second-order valence-electron chi connectivity index (χ2n) is 5.60. The van der Waals surface area contributed by atoms with E-state index < -0.39 is 10.0 Å². The molecule has 0 fully saturated rings. The molecule has 2 aromatic rings. The normalized spacial score (nSPS) is 10.9. The predicted octanol–water partition coefficient (Wildman–Crippen LogP) is 2.29. The number of para-hydroxylation sites is 1. The smallest absolute Gasteiger partial charge is 0.240 e. The molecule has 0 heterocycles. The molecule has 7 nitrogen and oxygen atoms in total. The van der Waals surface area contributed by atoms with Gasteiger partial charge in [-0.2, -0.15) is 5.26 Å². The fourth-order valence-electron chi connectivity index (χ4n) is 2.51. The van der Waals surface area contributed by atoms with E-state index in [0.717, 1.165) is 0 Å². The number of carbonyl (C=O) groups is 1. The number of nitrogens with one attached hydrogen (secondary N) is 1. The average molecular weight is 387 g/mol. The van der Waals surface area contributed by atoms with Gasteiger partial charge in [0.25, 0.3) is 0 Å². The molecule has 8 heteroatoms. The molecule has 0 spiro atoms. The molecule has 142 valence electrons. The van der Waals surface area contributed by atoms with E-state index in [2.05, 4.69) is 4.72 Å². The lowest BCUT2D eigenvalue weighted by Crippen LogP contribution is -2.37. The molecule has 0 radical (unpaired) electrons. The number of hydrogen-bond donors (Lipinski definition) is 1. The quantitative estimate of drug-likeness (QED) is 0.749. The SMILES string of the molecule is CCOc1ccc(S(=O)(=O)NCCN(C(C)=O)c2ccccc2C#N)cc1. The molecule has 0 saturated carbocycles. The van der Waals surface area contributed by atoms with Crippen molar-refractivity contribution in [3.63, 3.8) is 0 Å². The van der Waals surface area contributed by atoms with E-state index in [9.17, 15) is 18.5 Å². The van der Waals surface area contributed by atoms with Crippen LogP contribution in [0, 0.1) is 11.3 Å². The van der Waals surface area contributed by atoms with Crippen LogP contribution in [0.3, 0.4) is 0 Å². The van der Waals surface area contributed by atoms with Crippen LogP contribution in [0.15, 0.2) is 53.4 Å². The minimum atomic E-state index is -3.72. The second-order valence-corrected chi connectivity index (χ2v) is 7.37. The summed E-state index contributed by atoms with van der Waals surface area (Å²) in [6, 6.07) is 14.8. The highest BCUT2D eigenvalue weighted by Crippen LogP contribution is 2.20. The molecule has 27 heavy (non-hydrogen) atoms. The number of rotatable bonds is 8. The minimum Gasteiger partial charge on any atom is -0.494 e. The van der Waals surface area contributed by atoms with Crippen LogP contribution >= 0.6 is 0 Å². The summed E-state index contributed by atoms with van der Waals surface area (Å²) in [5, 5.41) is 9.20. The van der Waals surface area contributed by atoms with E-state index in [1.54, 1.807) is 36.4 Å². The zero-order valence-corrected chi connectivity index (χ0v) is 16.0. The first-order valence-corrected chi connectivity index (χ1v) is 9.87. The summed E-state index contributed by atoms with van der Waals surface area (Å²) in [6.45, 7) is 3.82. The molecule has 2 rings (SSSR count). The molecule has 0 atom stereocenters. The Morgan fingerprint density at radius 3 is 2.44 bits per heavy atom. The maximum absolute atomic E-state index is 12.4. The van der Waals surface area contributed by atoms with Gasteiger partial charge in [0.2, 0.25) is 15.9 Å². The van der Waals surface area contributed by atoms with Crippen LogP contribution in [0.25, 0.3) is 0 Å². The van der Waals surface area contributed by atoms with Gasteiger partial charge in [-0.25, -0.2) is 13.1 Å². The fraction of sp³-hybridized carbons (Fsp3) is 0.263. The van der Waals surface area contributed by atoms with Gasteiger partial charge < -0.3 is 9.64 Å². The lowest BCUT2D eigenvalue weighted by Gasteiger charge is -2.22. The molecule has 0 saturated heterocycles. The Morgan fingerprint density at radius 2 is 1.85 bits per heavy atom. The van der Waals surface area contributed by atoms with E-state index in [4.69, 9.17) is 4.74 Å². The maximum atomic E-state index is 12.4. The molecule has 0 aromatic heterocycles. The molecule has 0 aliphatic carbocycles. The number of anilines is 1. The third-order valence-corrected chi connectivity index (χ3v) is 5.24. The lowest BCUT2D eigenvalue weighted by atomic mass is 10.1. The van der Waals surface area contributed by atoms with Crippen LogP contribution in [0.4, 0.5) is 5.69 Å². The van der Waals surface area contributed by atoms with Crippen LogP contribution in [-0.4, -0.2) is 34.0 Å². The third-order valence-electron chi connectivity index (χ3n) is 3.77. The Bertz CT molecular complexity index is 934. The Morgan fingerprint density at radius 1 is 1.19 bits per heavy atom. The fourth-order valence-corrected chi connectivity index (χ4v) is 3.53. The first-order chi connectivity index (χ1) is 12.9. The van der Waals surface area contributed by atoms with Gasteiger partial charge in [-0.05, 0) is 43.3 Å². The first kappa shape index (κ1) is 20.4. The summed E-state index contributed by atoms with van der Waals surface area (Å²) in [7, 11) is -3.72. The number of sulfonamides is 1. The topological polar surface area (TPSA) is 99.5 Å². The molecular formula is C19H21N3O4S. The van der Waals surface area contributed by atoms with E-state index >= 15 is 0 Å². The summed E-state index contributed by atoms with van der Waals surface area (Å²) >= 11 is 0. The van der Waals surface area contributed by atoms with E-state index in [0.29, 0.717) is 23.6 Å². The maximum Gasteiger partial charge on any atom is 0.240 e. The van der Waals surface area contributed by atoms with Gasteiger partial charge in [-0.15, -0.1) is 0 Å². The molecule has 0 bridgehead atoms. The lowest BCUT2D eigenvalue weighted by molar-refractivity contribution is -0.116. The number of benzene rings is 2. The van der Waals surface area contributed by atoms with Gasteiger partial charge in [-0.3, -0.25) is 4.79 Å². The van der Waals surface area contributed by atoms with Crippen molar-refractivity contribution < 1.29 is 17.9 Å². The first-order valence-electron chi connectivity index (χ1n) is 8.38. The zero-order valence-electron chi connectivity index (χ0n) is 15.2. The highest BCUT2D eigenvalue weighted by molar-refractivity contribution is 7.89. The molecule has 2 aromatic carbocycles. The Kier molecular flexibility index (Phi) is 6.93. The number of hydrogen-bond acceptors (Lipinski definition) is 5. The standard InChI is InChI=1S/C19H21N3O4S/c1-3-26-17-8-10-18(11-9-17)27(24,25)21-12-13-22(15(2)23)19-7-5-4-6-16(19)14-20/h4-11,21H,3,12-13H2,1-2H3. The highest BCUT2D eigenvalue weighted by atomic mass is 32.2. The number of nitrogens with zero attached hydrogens (tertiary/aromatic N) is 2. The average Bonchev–Trinajstić information content (AvgIpc) is 2.65. The van der Waals surface area contributed by atoms with Gasteiger partial charge in [0, 0.05) is 20.0 Å². The number of carbonyl (C=O) groups excluding carboxylic acids is 1. The minimum absolute atomic E-state index is 0.00882. The van der Waals surface area contributed by atoms with Crippen molar-refractivity contribution in [3.8, 4) is 11.8 Å². The summed E-state index contributed by atoms with van der Waals surface area (Å²) < 4.78 is 32.6. The molecule has 0 aliphatic rings. The van der Waals surface area contributed by atoms with Crippen LogP contribution in [-0.2, 0) is 14.8 Å².